The van der Waals surface area contributed by atoms with E-state index in [1.54, 1.807) is 0 Å². The van der Waals surface area contributed by atoms with Crippen molar-refractivity contribution in [2.75, 3.05) is 11.6 Å². The van der Waals surface area contributed by atoms with E-state index in [9.17, 15) is 26.4 Å². The molecule has 1 aromatic heterocycles. The van der Waals surface area contributed by atoms with Crippen LogP contribution in [0.25, 0.3) is 0 Å². The van der Waals surface area contributed by atoms with Gasteiger partial charge in [0.05, 0.1) is 4.90 Å². The van der Waals surface area contributed by atoms with Crippen molar-refractivity contribution in [1.29, 1.82) is 0 Å². The zero-order chi connectivity index (χ0) is 17.3. The Morgan fingerprint density at radius 2 is 1.83 bits per heavy atom. The predicted molar refractivity (Wildman–Crippen MR) is 75.8 cm³/mol. The molecule has 0 bridgehead atoms. The van der Waals surface area contributed by atoms with E-state index in [2.05, 4.69) is 10.4 Å². The van der Waals surface area contributed by atoms with Crippen LogP contribution in [-0.4, -0.2) is 36.5 Å². The van der Waals surface area contributed by atoms with Gasteiger partial charge in [-0.3, -0.25) is 9.48 Å². The van der Waals surface area contributed by atoms with E-state index in [-0.39, 0.29) is 16.3 Å². The molecule has 6 nitrogen and oxygen atoms in total. The Balaban J connectivity index is 2.07. The number of rotatable bonds is 4. The van der Waals surface area contributed by atoms with E-state index in [1.165, 1.54) is 30.3 Å². The summed E-state index contributed by atoms with van der Waals surface area (Å²) in [4.78, 5) is 12.0. The molecule has 0 unspecified atom stereocenters. The SMILES string of the molecule is CS(=O)(=O)c1ccc(C(=O)Nc2ccn(CC(F)(F)F)n2)cc1. The number of hydrogen-bond donors (Lipinski definition) is 1. The van der Waals surface area contributed by atoms with Crippen LogP contribution in [0.5, 0.6) is 0 Å². The van der Waals surface area contributed by atoms with Gasteiger partial charge in [-0.2, -0.15) is 18.3 Å². The summed E-state index contributed by atoms with van der Waals surface area (Å²) in [7, 11) is -3.37. The molecule has 124 valence electrons. The van der Waals surface area contributed by atoms with Crippen LogP contribution in [0.4, 0.5) is 19.0 Å². The summed E-state index contributed by atoms with van der Waals surface area (Å²) in [5.74, 6) is -0.645. The minimum atomic E-state index is -4.41. The van der Waals surface area contributed by atoms with Crippen molar-refractivity contribution in [3.63, 3.8) is 0 Å². The summed E-state index contributed by atoms with van der Waals surface area (Å²) in [5.41, 5.74) is 0.155. The summed E-state index contributed by atoms with van der Waals surface area (Å²) in [5, 5.41) is 5.92. The third-order valence-electron chi connectivity index (χ3n) is 2.77. The number of carbonyl (C=O) groups excluding carboxylic acids is 1. The van der Waals surface area contributed by atoms with Crippen molar-refractivity contribution in [2.45, 2.75) is 17.6 Å². The normalized spacial score (nSPS) is 12.2. The summed E-state index contributed by atoms with van der Waals surface area (Å²) in [6.07, 6.45) is -2.28. The van der Waals surface area contributed by atoms with Crippen LogP contribution in [0.15, 0.2) is 41.4 Å². The third kappa shape index (κ3) is 4.81. The van der Waals surface area contributed by atoms with Crippen molar-refractivity contribution < 1.29 is 26.4 Å². The summed E-state index contributed by atoms with van der Waals surface area (Å²) >= 11 is 0. The second-order valence-electron chi connectivity index (χ2n) is 4.76. The fourth-order valence-electron chi connectivity index (χ4n) is 1.74. The van der Waals surface area contributed by atoms with Crippen LogP contribution < -0.4 is 5.32 Å². The molecule has 0 atom stereocenters. The van der Waals surface area contributed by atoms with Crippen molar-refractivity contribution in [3.8, 4) is 0 Å². The Kier molecular flexibility index (Phi) is 4.46. The van der Waals surface area contributed by atoms with Gasteiger partial charge >= 0.3 is 6.18 Å². The number of sulfone groups is 1. The molecule has 1 heterocycles. The van der Waals surface area contributed by atoms with E-state index in [0.29, 0.717) is 4.68 Å². The Morgan fingerprint density at radius 3 is 2.35 bits per heavy atom. The van der Waals surface area contributed by atoms with Gasteiger partial charge in [0, 0.05) is 24.1 Å². The molecule has 0 radical (unpaired) electrons. The smallest absolute Gasteiger partial charge is 0.305 e. The first kappa shape index (κ1) is 17.0. The van der Waals surface area contributed by atoms with Gasteiger partial charge in [0.2, 0.25) is 0 Å². The van der Waals surface area contributed by atoms with E-state index in [1.807, 2.05) is 0 Å². The molecular formula is C13H12F3N3O3S. The van der Waals surface area contributed by atoms with Crippen molar-refractivity contribution in [3.05, 3.63) is 42.1 Å². The highest BCUT2D eigenvalue weighted by atomic mass is 32.2. The van der Waals surface area contributed by atoms with E-state index in [0.717, 1.165) is 12.5 Å². The molecule has 1 N–H and O–H groups in total. The molecule has 1 aromatic carbocycles. The van der Waals surface area contributed by atoms with Crippen molar-refractivity contribution in [1.82, 2.24) is 9.78 Å². The second kappa shape index (κ2) is 6.03. The highest BCUT2D eigenvalue weighted by Gasteiger charge is 2.28. The van der Waals surface area contributed by atoms with Crippen LogP contribution >= 0.6 is 0 Å². The molecule has 0 fully saturated rings. The maximum atomic E-state index is 12.2. The second-order valence-corrected chi connectivity index (χ2v) is 6.78. The Hall–Kier alpha value is -2.36. The highest BCUT2D eigenvalue weighted by molar-refractivity contribution is 7.90. The maximum Gasteiger partial charge on any atom is 0.408 e. The number of nitrogens with zero attached hydrogens (tertiary/aromatic N) is 2. The lowest BCUT2D eigenvalue weighted by molar-refractivity contribution is -0.142. The number of aromatic nitrogens is 2. The largest absolute Gasteiger partial charge is 0.408 e. The lowest BCUT2D eigenvalue weighted by atomic mass is 10.2. The lowest BCUT2D eigenvalue weighted by Gasteiger charge is -2.06. The van der Waals surface area contributed by atoms with E-state index >= 15 is 0 Å². The van der Waals surface area contributed by atoms with Crippen LogP contribution in [0.3, 0.4) is 0 Å². The molecule has 10 heteroatoms. The first-order chi connectivity index (χ1) is 10.5. The summed E-state index contributed by atoms with van der Waals surface area (Å²) < 4.78 is 59.9. The van der Waals surface area contributed by atoms with Gasteiger partial charge in [-0.25, -0.2) is 8.42 Å². The first-order valence-electron chi connectivity index (χ1n) is 6.26. The number of amides is 1. The number of halogens is 3. The number of nitrogens with one attached hydrogen (secondary N) is 1. The first-order valence-corrected chi connectivity index (χ1v) is 8.15. The summed E-state index contributed by atoms with van der Waals surface area (Å²) in [6, 6.07) is 6.38. The van der Waals surface area contributed by atoms with E-state index in [4.69, 9.17) is 0 Å². The van der Waals surface area contributed by atoms with Gasteiger partial charge in [-0.15, -0.1) is 0 Å². The average molecular weight is 347 g/mol. The van der Waals surface area contributed by atoms with Gasteiger partial charge in [0.1, 0.15) is 6.54 Å². The zero-order valence-corrected chi connectivity index (χ0v) is 12.6. The summed E-state index contributed by atoms with van der Waals surface area (Å²) in [6.45, 7) is -1.26. The number of anilines is 1. The Labute approximate surface area is 129 Å². The molecular weight excluding hydrogens is 335 g/mol. The highest BCUT2D eigenvalue weighted by Crippen LogP contribution is 2.18. The number of carbonyl (C=O) groups is 1. The Morgan fingerprint density at radius 1 is 1.22 bits per heavy atom. The maximum absolute atomic E-state index is 12.2. The molecule has 0 aliphatic carbocycles. The topological polar surface area (TPSA) is 81.1 Å². The third-order valence-corrected chi connectivity index (χ3v) is 3.90. The molecule has 2 aromatic rings. The zero-order valence-electron chi connectivity index (χ0n) is 11.8. The van der Waals surface area contributed by atoms with Crippen LogP contribution in [-0.2, 0) is 16.4 Å². The standard InChI is InChI=1S/C13H12F3N3O3S/c1-23(21,22)10-4-2-9(3-5-10)12(20)17-11-6-7-19(18-11)8-13(14,15)16/h2-7H,8H2,1H3,(H,17,18,20). The van der Waals surface area contributed by atoms with Gasteiger partial charge in [-0.1, -0.05) is 0 Å². The monoisotopic (exact) mass is 347 g/mol. The Bertz CT molecular complexity index is 811. The van der Waals surface area contributed by atoms with Crippen molar-refractivity contribution in [2.24, 2.45) is 0 Å². The molecule has 0 aliphatic heterocycles. The van der Waals surface area contributed by atoms with Crippen LogP contribution in [0.2, 0.25) is 0 Å². The molecule has 0 saturated carbocycles. The van der Waals surface area contributed by atoms with Crippen LogP contribution in [0.1, 0.15) is 10.4 Å². The molecule has 0 spiro atoms. The van der Waals surface area contributed by atoms with Gasteiger partial charge in [0.15, 0.2) is 15.7 Å². The number of hydrogen-bond acceptors (Lipinski definition) is 4. The van der Waals surface area contributed by atoms with Gasteiger partial charge in [-0.05, 0) is 24.3 Å². The fourth-order valence-corrected chi connectivity index (χ4v) is 2.37. The van der Waals surface area contributed by atoms with Crippen LogP contribution in [0, 0.1) is 0 Å². The lowest BCUT2D eigenvalue weighted by Crippen LogP contribution is -2.18. The molecule has 23 heavy (non-hydrogen) atoms. The van der Waals surface area contributed by atoms with Gasteiger partial charge in [0.25, 0.3) is 5.91 Å². The fraction of sp³-hybridized carbons (Fsp3) is 0.231. The average Bonchev–Trinajstić information content (AvgIpc) is 2.82. The van der Waals surface area contributed by atoms with Crippen molar-refractivity contribution >= 4 is 21.6 Å². The minimum Gasteiger partial charge on any atom is -0.305 e. The quantitative estimate of drug-likeness (QED) is 0.918. The van der Waals surface area contributed by atoms with Gasteiger partial charge < -0.3 is 5.32 Å². The number of benzene rings is 1. The number of alkyl halides is 3. The molecule has 1 amide bonds. The predicted octanol–water partition coefficient (Wildman–Crippen LogP) is 2.10. The van der Waals surface area contributed by atoms with E-state index < -0.39 is 28.5 Å². The minimum absolute atomic E-state index is 0.0357. The molecule has 0 aliphatic rings. The molecule has 0 saturated heterocycles. The molecule has 2 rings (SSSR count).